The van der Waals surface area contributed by atoms with E-state index in [4.69, 9.17) is 9.26 Å². The number of aromatic nitrogens is 2. The zero-order valence-electron chi connectivity index (χ0n) is 13.9. The Bertz CT molecular complexity index is 721. The van der Waals surface area contributed by atoms with Gasteiger partial charge in [-0.1, -0.05) is 11.2 Å². The van der Waals surface area contributed by atoms with Crippen LogP contribution in [0.2, 0.25) is 0 Å². The van der Waals surface area contributed by atoms with Crippen LogP contribution < -0.4 is 4.74 Å². The highest BCUT2D eigenvalue weighted by atomic mass is 16.5. The average molecular weight is 327 g/mol. The number of nitrogens with zero attached hydrogens (tertiary/aromatic N) is 3. The molecule has 6 heteroatoms. The van der Waals surface area contributed by atoms with Crippen molar-refractivity contribution < 1.29 is 14.1 Å². The molecule has 1 saturated heterocycles. The van der Waals surface area contributed by atoms with E-state index in [0.717, 1.165) is 30.7 Å². The van der Waals surface area contributed by atoms with Crippen molar-refractivity contribution in [2.75, 3.05) is 20.2 Å². The molecule has 0 saturated carbocycles. The highest BCUT2D eigenvalue weighted by molar-refractivity contribution is 5.87. The molecule has 1 unspecified atom stereocenters. The number of carbonyl (C=O) groups excluding carboxylic acids is 1. The van der Waals surface area contributed by atoms with Crippen LogP contribution in [0.3, 0.4) is 0 Å². The summed E-state index contributed by atoms with van der Waals surface area (Å²) in [7, 11) is 1.63. The Labute approximate surface area is 141 Å². The van der Waals surface area contributed by atoms with Crippen molar-refractivity contribution in [3.05, 3.63) is 42.3 Å². The first-order valence-corrected chi connectivity index (χ1v) is 8.11. The fraction of sp³-hybridized carbons (Fsp3) is 0.389. The molecule has 2 heterocycles. The second-order valence-corrected chi connectivity index (χ2v) is 5.81. The van der Waals surface area contributed by atoms with Gasteiger partial charge in [-0.05, 0) is 50.1 Å². The minimum Gasteiger partial charge on any atom is -0.497 e. The van der Waals surface area contributed by atoms with Crippen LogP contribution in [0.1, 0.15) is 31.6 Å². The molecular formula is C18H21N3O3. The summed E-state index contributed by atoms with van der Waals surface area (Å²) >= 11 is 0. The number of ether oxygens (including phenoxy) is 1. The van der Waals surface area contributed by atoms with E-state index in [-0.39, 0.29) is 11.8 Å². The fourth-order valence-corrected chi connectivity index (χ4v) is 2.89. The predicted molar refractivity (Wildman–Crippen MR) is 89.7 cm³/mol. The first-order valence-electron chi connectivity index (χ1n) is 8.11. The van der Waals surface area contributed by atoms with Crippen LogP contribution >= 0.6 is 0 Å². The molecule has 1 fully saturated rings. The van der Waals surface area contributed by atoms with Crippen LogP contribution in [-0.4, -0.2) is 41.1 Å². The summed E-state index contributed by atoms with van der Waals surface area (Å²) < 4.78 is 10.6. The van der Waals surface area contributed by atoms with Gasteiger partial charge in [-0.25, -0.2) is 0 Å². The fourth-order valence-electron chi connectivity index (χ4n) is 2.89. The van der Waals surface area contributed by atoms with E-state index in [1.165, 1.54) is 0 Å². The molecule has 0 spiro atoms. The number of benzene rings is 1. The van der Waals surface area contributed by atoms with E-state index in [0.29, 0.717) is 18.3 Å². The van der Waals surface area contributed by atoms with Crippen molar-refractivity contribution in [1.82, 2.24) is 15.0 Å². The van der Waals surface area contributed by atoms with Crippen molar-refractivity contribution in [2.24, 2.45) is 0 Å². The molecular weight excluding hydrogens is 306 g/mol. The normalized spacial score (nSPS) is 18.1. The molecule has 2 aromatic rings. The second kappa shape index (κ2) is 7.29. The third-order valence-electron chi connectivity index (χ3n) is 4.18. The Morgan fingerprint density at radius 1 is 1.38 bits per heavy atom. The Morgan fingerprint density at radius 2 is 2.17 bits per heavy atom. The zero-order chi connectivity index (χ0) is 16.9. The van der Waals surface area contributed by atoms with Gasteiger partial charge in [0.05, 0.1) is 13.0 Å². The molecule has 0 aliphatic carbocycles. The van der Waals surface area contributed by atoms with E-state index in [2.05, 4.69) is 10.1 Å². The molecule has 1 aliphatic rings. The molecule has 6 nitrogen and oxygen atoms in total. The second-order valence-electron chi connectivity index (χ2n) is 5.81. The molecule has 0 bridgehead atoms. The third kappa shape index (κ3) is 3.48. The van der Waals surface area contributed by atoms with Gasteiger partial charge in [0, 0.05) is 18.7 Å². The number of allylic oxidation sites excluding steroid dienone is 1. The highest BCUT2D eigenvalue weighted by Crippen LogP contribution is 2.28. The van der Waals surface area contributed by atoms with Crippen molar-refractivity contribution >= 4 is 5.91 Å². The van der Waals surface area contributed by atoms with Crippen LogP contribution in [0.15, 0.2) is 40.9 Å². The van der Waals surface area contributed by atoms with E-state index in [9.17, 15) is 4.79 Å². The van der Waals surface area contributed by atoms with Gasteiger partial charge < -0.3 is 14.2 Å². The summed E-state index contributed by atoms with van der Waals surface area (Å²) in [6, 6.07) is 7.53. The van der Waals surface area contributed by atoms with Crippen LogP contribution in [0.25, 0.3) is 11.4 Å². The summed E-state index contributed by atoms with van der Waals surface area (Å²) in [5.41, 5.74) is 0.878. The van der Waals surface area contributed by atoms with E-state index in [1.54, 1.807) is 19.3 Å². The van der Waals surface area contributed by atoms with Gasteiger partial charge >= 0.3 is 0 Å². The minimum atomic E-state index is 0.0390. The number of amides is 1. The topological polar surface area (TPSA) is 68.5 Å². The van der Waals surface area contributed by atoms with Crippen LogP contribution in [0, 0.1) is 0 Å². The van der Waals surface area contributed by atoms with Gasteiger partial charge in [0.15, 0.2) is 0 Å². The molecule has 1 aliphatic heterocycles. The first kappa shape index (κ1) is 16.2. The molecule has 3 rings (SSSR count). The van der Waals surface area contributed by atoms with E-state index >= 15 is 0 Å². The van der Waals surface area contributed by atoms with Crippen molar-refractivity contribution in [1.29, 1.82) is 0 Å². The van der Waals surface area contributed by atoms with E-state index in [1.807, 2.05) is 36.1 Å². The average Bonchev–Trinajstić information content (AvgIpc) is 3.12. The quantitative estimate of drug-likeness (QED) is 0.807. The molecule has 1 aromatic carbocycles. The summed E-state index contributed by atoms with van der Waals surface area (Å²) in [5.74, 6) is 2.07. The van der Waals surface area contributed by atoms with E-state index < -0.39 is 0 Å². The maximum atomic E-state index is 12.0. The Morgan fingerprint density at radius 3 is 2.88 bits per heavy atom. The summed E-state index contributed by atoms with van der Waals surface area (Å²) in [6.45, 7) is 3.24. The standard InChI is InChI=1S/C18H21N3O3/c1-3-5-16(22)21-11-4-6-14(12-21)18-19-17(20-24-18)13-7-9-15(23-2)10-8-13/h3,5,7-10,14H,4,6,11-12H2,1-2H3. The number of likely N-dealkylation sites (tertiary alicyclic amines) is 1. The zero-order valence-corrected chi connectivity index (χ0v) is 13.9. The van der Waals surface area contributed by atoms with Crippen molar-refractivity contribution in [3.8, 4) is 17.1 Å². The molecule has 1 amide bonds. The lowest BCUT2D eigenvalue weighted by Crippen LogP contribution is -2.38. The highest BCUT2D eigenvalue weighted by Gasteiger charge is 2.27. The van der Waals surface area contributed by atoms with Gasteiger partial charge in [0.1, 0.15) is 5.75 Å². The molecule has 0 radical (unpaired) electrons. The maximum Gasteiger partial charge on any atom is 0.246 e. The summed E-state index contributed by atoms with van der Waals surface area (Å²) in [5, 5.41) is 4.08. The Hall–Kier alpha value is -2.63. The van der Waals surface area contributed by atoms with Gasteiger partial charge in [0.2, 0.25) is 17.6 Å². The number of rotatable bonds is 4. The van der Waals surface area contributed by atoms with Crippen LogP contribution in [0.5, 0.6) is 5.75 Å². The van der Waals surface area contributed by atoms with Gasteiger partial charge in [-0.3, -0.25) is 4.79 Å². The van der Waals surface area contributed by atoms with Crippen molar-refractivity contribution in [2.45, 2.75) is 25.7 Å². The summed E-state index contributed by atoms with van der Waals surface area (Å²) in [6.07, 6.45) is 5.25. The van der Waals surface area contributed by atoms with Crippen LogP contribution in [-0.2, 0) is 4.79 Å². The first-order chi connectivity index (χ1) is 11.7. The number of hydrogen-bond acceptors (Lipinski definition) is 5. The van der Waals surface area contributed by atoms with Gasteiger partial charge in [-0.2, -0.15) is 4.98 Å². The lowest BCUT2D eigenvalue weighted by molar-refractivity contribution is -0.127. The Kier molecular flexibility index (Phi) is 4.93. The molecule has 1 atom stereocenters. The molecule has 126 valence electrons. The summed E-state index contributed by atoms with van der Waals surface area (Å²) in [4.78, 5) is 18.4. The Balaban J connectivity index is 1.73. The number of hydrogen-bond donors (Lipinski definition) is 0. The molecule has 1 aromatic heterocycles. The van der Waals surface area contributed by atoms with Gasteiger partial charge in [-0.15, -0.1) is 0 Å². The smallest absolute Gasteiger partial charge is 0.246 e. The minimum absolute atomic E-state index is 0.0390. The molecule has 24 heavy (non-hydrogen) atoms. The number of carbonyl (C=O) groups is 1. The monoisotopic (exact) mass is 327 g/mol. The van der Waals surface area contributed by atoms with Crippen LogP contribution in [0.4, 0.5) is 0 Å². The largest absolute Gasteiger partial charge is 0.497 e. The molecule has 0 N–H and O–H groups in total. The lowest BCUT2D eigenvalue weighted by Gasteiger charge is -2.30. The SMILES string of the molecule is CC=CC(=O)N1CCCC(c2nc(-c3ccc(OC)cc3)no2)C1. The number of methoxy groups -OCH3 is 1. The third-order valence-corrected chi connectivity index (χ3v) is 4.18. The van der Waals surface area contributed by atoms with Crippen molar-refractivity contribution in [3.63, 3.8) is 0 Å². The number of piperidine rings is 1. The van der Waals surface area contributed by atoms with Gasteiger partial charge in [0.25, 0.3) is 0 Å². The lowest BCUT2D eigenvalue weighted by atomic mass is 9.98. The maximum absolute atomic E-state index is 12.0. The predicted octanol–water partition coefficient (Wildman–Crippen LogP) is 3.03.